The van der Waals surface area contributed by atoms with Crippen molar-refractivity contribution in [2.24, 2.45) is 0 Å². The van der Waals surface area contributed by atoms with Gasteiger partial charge in [0.2, 0.25) is 5.91 Å². The molecule has 0 fully saturated rings. The number of nitrogens with one attached hydrogen (secondary N) is 1. The molecular formula is C19H22N4O3S. The number of hydrogen-bond acceptors (Lipinski definition) is 6. The van der Waals surface area contributed by atoms with E-state index in [0.717, 1.165) is 42.2 Å². The van der Waals surface area contributed by atoms with Crippen LogP contribution in [0.2, 0.25) is 0 Å². The summed E-state index contributed by atoms with van der Waals surface area (Å²) in [4.78, 5) is 34.0. The predicted molar refractivity (Wildman–Crippen MR) is 104 cm³/mol. The van der Waals surface area contributed by atoms with Crippen molar-refractivity contribution in [3.63, 3.8) is 0 Å². The monoisotopic (exact) mass is 386 g/mol. The molecule has 27 heavy (non-hydrogen) atoms. The van der Waals surface area contributed by atoms with Gasteiger partial charge in [-0.1, -0.05) is 29.5 Å². The predicted octanol–water partition coefficient (Wildman–Crippen LogP) is 2.66. The summed E-state index contributed by atoms with van der Waals surface area (Å²) < 4.78 is 4.89. The second-order valence-corrected chi connectivity index (χ2v) is 7.70. The maximum atomic E-state index is 12.8. The van der Waals surface area contributed by atoms with E-state index >= 15 is 0 Å². The van der Waals surface area contributed by atoms with Gasteiger partial charge in [0.1, 0.15) is 0 Å². The number of nitrogens with zero attached hydrogens (tertiary/aromatic N) is 3. The lowest BCUT2D eigenvalue weighted by Crippen LogP contribution is -2.41. The van der Waals surface area contributed by atoms with E-state index in [2.05, 4.69) is 21.3 Å². The molecule has 4 rings (SSSR count). The number of para-hydroxylation sites is 1. The van der Waals surface area contributed by atoms with Crippen molar-refractivity contribution in [1.82, 2.24) is 9.88 Å². The normalized spacial score (nSPS) is 16.0. The Morgan fingerprint density at radius 3 is 2.96 bits per heavy atom. The minimum absolute atomic E-state index is 0.137. The van der Waals surface area contributed by atoms with E-state index in [1.165, 1.54) is 16.9 Å². The van der Waals surface area contributed by atoms with Gasteiger partial charge in [0, 0.05) is 36.6 Å². The third kappa shape index (κ3) is 3.81. The Morgan fingerprint density at radius 2 is 2.11 bits per heavy atom. The summed E-state index contributed by atoms with van der Waals surface area (Å²) in [6.07, 6.45) is 1.22. The van der Waals surface area contributed by atoms with E-state index in [1.54, 1.807) is 6.92 Å². The Balaban J connectivity index is 1.38. The van der Waals surface area contributed by atoms with Crippen molar-refractivity contribution in [3.05, 3.63) is 40.4 Å². The second-order valence-electron chi connectivity index (χ2n) is 6.62. The highest BCUT2D eigenvalue weighted by molar-refractivity contribution is 7.15. The van der Waals surface area contributed by atoms with Crippen LogP contribution < -0.4 is 10.2 Å². The third-order valence-electron chi connectivity index (χ3n) is 4.84. The minimum atomic E-state index is -0.483. The fourth-order valence-corrected chi connectivity index (χ4v) is 4.60. The number of thiazole rings is 1. The Bertz CT molecular complexity index is 866. The molecule has 2 aliphatic heterocycles. The van der Waals surface area contributed by atoms with Crippen LogP contribution in [0.5, 0.6) is 0 Å². The average Bonchev–Trinajstić information content (AvgIpc) is 3.24. The fraction of sp³-hybridized carbons (Fsp3) is 0.421. The quantitative estimate of drug-likeness (QED) is 0.874. The number of aromatic nitrogens is 1. The highest BCUT2D eigenvalue weighted by Gasteiger charge is 2.28. The van der Waals surface area contributed by atoms with Crippen LogP contribution in [0.25, 0.3) is 0 Å². The van der Waals surface area contributed by atoms with Crippen LogP contribution in [0.3, 0.4) is 0 Å². The van der Waals surface area contributed by atoms with Crippen molar-refractivity contribution in [1.29, 1.82) is 0 Å². The van der Waals surface area contributed by atoms with Crippen LogP contribution in [0.1, 0.15) is 23.1 Å². The summed E-state index contributed by atoms with van der Waals surface area (Å²) in [7, 11) is 0. The average molecular weight is 386 g/mol. The molecule has 142 valence electrons. The van der Waals surface area contributed by atoms with Crippen LogP contribution in [0.4, 0.5) is 15.6 Å². The molecule has 0 saturated heterocycles. The van der Waals surface area contributed by atoms with Gasteiger partial charge in [-0.3, -0.25) is 15.0 Å². The molecule has 0 atom stereocenters. The molecule has 0 radical (unpaired) electrons. The Labute approximate surface area is 161 Å². The minimum Gasteiger partial charge on any atom is -0.450 e. The van der Waals surface area contributed by atoms with E-state index in [1.807, 2.05) is 23.1 Å². The summed E-state index contributed by atoms with van der Waals surface area (Å²) in [6, 6.07) is 8.11. The molecule has 2 aliphatic rings. The number of rotatable bonds is 4. The van der Waals surface area contributed by atoms with Crippen molar-refractivity contribution in [3.8, 4) is 0 Å². The molecule has 8 heteroatoms. The topological polar surface area (TPSA) is 74.8 Å². The van der Waals surface area contributed by atoms with E-state index < -0.39 is 6.09 Å². The summed E-state index contributed by atoms with van der Waals surface area (Å²) >= 11 is 1.45. The summed E-state index contributed by atoms with van der Waals surface area (Å²) in [5, 5.41) is 3.22. The molecule has 0 saturated carbocycles. The Kier molecular flexibility index (Phi) is 5.09. The molecule has 1 N–H and O–H groups in total. The Morgan fingerprint density at radius 1 is 1.26 bits per heavy atom. The molecule has 0 bridgehead atoms. The Hall–Kier alpha value is -2.45. The molecule has 3 heterocycles. The molecule has 2 amide bonds. The zero-order valence-electron chi connectivity index (χ0n) is 15.2. The molecule has 2 aromatic rings. The first kappa shape index (κ1) is 17.9. The van der Waals surface area contributed by atoms with Crippen molar-refractivity contribution in [2.75, 3.05) is 36.5 Å². The van der Waals surface area contributed by atoms with Gasteiger partial charge in [-0.2, -0.15) is 0 Å². The summed E-state index contributed by atoms with van der Waals surface area (Å²) in [5.74, 6) is 0.137. The number of carbonyl (C=O) groups excluding carboxylic acids is 2. The number of amides is 2. The standard InChI is InChI=1S/C19H22N4O3S/c1-2-26-19(25)21-18-20-14-8-9-22(11-16(14)27-18)12-17(24)23-10-7-13-5-3-4-6-15(13)23/h3-6H,2,7-12H2,1H3,(H,20,21,25). The number of carbonyl (C=O) groups is 2. The van der Waals surface area contributed by atoms with Gasteiger partial charge in [-0.05, 0) is 25.0 Å². The van der Waals surface area contributed by atoms with Gasteiger partial charge in [0.05, 0.1) is 18.8 Å². The maximum Gasteiger partial charge on any atom is 0.413 e. The zero-order chi connectivity index (χ0) is 18.8. The van der Waals surface area contributed by atoms with Crippen LogP contribution in [-0.2, 0) is 28.9 Å². The molecule has 0 unspecified atom stereocenters. The molecule has 7 nitrogen and oxygen atoms in total. The van der Waals surface area contributed by atoms with E-state index in [9.17, 15) is 9.59 Å². The smallest absolute Gasteiger partial charge is 0.413 e. The number of hydrogen-bond donors (Lipinski definition) is 1. The molecule has 0 aliphatic carbocycles. The fourth-order valence-electron chi connectivity index (χ4n) is 3.57. The SMILES string of the molecule is CCOC(=O)Nc1nc2c(s1)CN(CC(=O)N1CCc3ccccc31)CC2. The second kappa shape index (κ2) is 7.66. The number of anilines is 2. The van der Waals surface area contributed by atoms with Gasteiger partial charge in [-0.25, -0.2) is 9.78 Å². The van der Waals surface area contributed by atoms with Gasteiger partial charge < -0.3 is 9.64 Å². The van der Waals surface area contributed by atoms with E-state index in [-0.39, 0.29) is 5.91 Å². The summed E-state index contributed by atoms with van der Waals surface area (Å²) in [5.41, 5.74) is 3.28. The summed E-state index contributed by atoms with van der Waals surface area (Å²) in [6.45, 7) is 4.71. The van der Waals surface area contributed by atoms with E-state index in [4.69, 9.17) is 4.74 Å². The number of benzene rings is 1. The lowest BCUT2D eigenvalue weighted by Gasteiger charge is -2.27. The third-order valence-corrected chi connectivity index (χ3v) is 5.84. The zero-order valence-corrected chi connectivity index (χ0v) is 16.1. The first-order valence-electron chi connectivity index (χ1n) is 9.17. The molecule has 0 spiro atoms. The van der Waals surface area contributed by atoms with Crippen molar-refractivity contribution >= 4 is 34.2 Å². The van der Waals surface area contributed by atoms with Gasteiger partial charge in [0.25, 0.3) is 0 Å². The lowest BCUT2D eigenvalue weighted by molar-refractivity contribution is -0.119. The first-order valence-corrected chi connectivity index (χ1v) is 9.98. The van der Waals surface area contributed by atoms with Crippen LogP contribution in [0, 0.1) is 0 Å². The molecular weight excluding hydrogens is 364 g/mol. The van der Waals surface area contributed by atoms with E-state index in [0.29, 0.717) is 24.8 Å². The van der Waals surface area contributed by atoms with Crippen LogP contribution in [0.15, 0.2) is 24.3 Å². The van der Waals surface area contributed by atoms with Crippen molar-refractivity contribution in [2.45, 2.75) is 26.3 Å². The molecule has 1 aromatic carbocycles. The largest absolute Gasteiger partial charge is 0.450 e. The highest BCUT2D eigenvalue weighted by Crippen LogP contribution is 2.30. The van der Waals surface area contributed by atoms with Gasteiger partial charge >= 0.3 is 6.09 Å². The van der Waals surface area contributed by atoms with Crippen LogP contribution >= 0.6 is 11.3 Å². The maximum absolute atomic E-state index is 12.8. The lowest BCUT2D eigenvalue weighted by atomic mass is 10.1. The highest BCUT2D eigenvalue weighted by atomic mass is 32.1. The number of ether oxygens (including phenoxy) is 1. The number of fused-ring (bicyclic) bond motifs is 2. The van der Waals surface area contributed by atoms with Gasteiger partial charge in [-0.15, -0.1) is 0 Å². The first-order chi connectivity index (χ1) is 13.1. The van der Waals surface area contributed by atoms with Crippen LogP contribution in [-0.4, -0.2) is 48.1 Å². The molecule has 1 aromatic heterocycles. The van der Waals surface area contributed by atoms with Crippen molar-refractivity contribution < 1.29 is 14.3 Å². The van der Waals surface area contributed by atoms with Gasteiger partial charge in [0.15, 0.2) is 5.13 Å².